The highest BCUT2D eigenvalue weighted by Crippen LogP contribution is 2.46. The monoisotopic (exact) mass is 272 g/mol. The number of aryl methyl sites for hydroxylation is 2. The Kier molecular flexibility index (Phi) is 3.65. The van der Waals surface area contributed by atoms with Crippen LogP contribution in [0.4, 0.5) is 13.2 Å². The van der Waals surface area contributed by atoms with Gasteiger partial charge in [0.1, 0.15) is 0 Å². The molecule has 2 unspecified atom stereocenters. The molecule has 0 radical (unpaired) electrons. The van der Waals surface area contributed by atoms with Crippen LogP contribution in [0.5, 0.6) is 0 Å². The van der Waals surface area contributed by atoms with Crippen molar-refractivity contribution in [2.75, 3.05) is 0 Å². The Balaban J connectivity index is 2.31. The molecule has 0 amide bonds. The van der Waals surface area contributed by atoms with E-state index in [4.69, 9.17) is 0 Å². The summed E-state index contributed by atoms with van der Waals surface area (Å²) in [5.74, 6) is -1.40. The van der Waals surface area contributed by atoms with Gasteiger partial charge in [-0.2, -0.15) is 13.2 Å². The Morgan fingerprint density at radius 3 is 2.53 bits per heavy atom. The summed E-state index contributed by atoms with van der Waals surface area (Å²) in [6.07, 6.45) is -3.50. The largest absolute Gasteiger partial charge is 0.391 e. The molecule has 1 saturated carbocycles. The molecule has 0 heterocycles. The minimum Gasteiger partial charge on any atom is -0.385 e. The molecule has 0 bridgehead atoms. The summed E-state index contributed by atoms with van der Waals surface area (Å²) in [6, 6.07) is 5.52. The van der Waals surface area contributed by atoms with E-state index in [0.29, 0.717) is 18.4 Å². The third-order valence-electron chi connectivity index (χ3n) is 4.07. The van der Waals surface area contributed by atoms with Gasteiger partial charge in [0.15, 0.2) is 0 Å². The third-order valence-corrected chi connectivity index (χ3v) is 4.07. The van der Waals surface area contributed by atoms with Crippen LogP contribution in [0.1, 0.15) is 42.4 Å². The molecule has 2 atom stereocenters. The van der Waals surface area contributed by atoms with Crippen LogP contribution in [-0.2, 0) is 5.60 Å². The minimum absolute atomic E-state index is 0.122. The standard InChI is InChI=1S/C15H19F3O/c1-10-5-6-13(11(2)8-10)14(19)7-3-4-12(9-14)15(16,17)18/h5-6,8,12,19H,3-4,7,9H2,1-2H3. The molecule has 1 nitrogen and oxygen atoms in total. The van der Waals surface area contributed by atoms with Gasteiger partial charge in [0.05, 0.1) is 11.5 Å². The number of aliphatic hydroxyl groups is 1. The Morgan fingerprint density at radius 2 is 1.95 bits per heavy atom. The van der Waals surface area contributed by atoms with Crippen molar-refractivity contribution in [2.24, 2.45) is 5.92 Å². The molecule has 0 spiro atoms. The first-order chi connectivity index (χ1) is 8.72. The van der Waals surface area contributed by atoms with Crippen LogP contribution in [0.2, 0.25) is 0 Å². The van der Waals surface area contributed by atoms with Crippen LogP contribution in [0.15, 0.2) is 18.2 Å². The maximum atomic E-state index is 12.9. The molecule has 1 aromatic carbocycles. The Morgan fingerprint density at radius 1 is 1.26 bits per heavy atom. The molecule has 1 aliphatic rings. The second-order valence-corrected chi connectivity index (χ2v) is 5.68. The zero-order chi connectivity index (χ0) is 14.3. The maximum Gasteiger partial charge on any atom is 0.391 e. The Labute approximate surface area is 111 Å². The van der Waals surface area contributed by atoms with Crippen LogP contribution in [-0.4, -0.2) is 11.3 Å². The lowest BCUT2D eigenvalue weighted by Crippen LogP contribution is -2.38. The van der Waals surface area contributed by atoms with E-state index in [-0.39, 0.29) is 12.8 Å². The van der Waals surface area contributed by atoms with Gasteiger partial charge in [0, 0.05) is 0 Å². The first-order valence-corrected chi connectivity index (χ1v) is 6.59. The summed E-state index contributed by atoms with van der Waals surface area (Å²) in [5, 5.41) is 10.6. The molecule has 1 fully saturated rings. The van der Waals surface area contributed by atoms with Crippen LogP contribution in [0.3, 0.4) is 0 Å². The van der Waals surface area contributed by atoms with Gasteiger partial charge < -0.3 is 5.11 Å². The maximum absolute atomic E-state index is 12.9. The smallest absolute Gasteiger partial charge is 0.385 e. The van der Waals surface area contributed by atoms with Crippen LogP contribution >= 0.6 is 0 Å². The minimum atomic E-state index is -4.22. The molecule has 0 saturated heterocycles. The summed E-state index contributed by atoms with van der Waals surface area (Å²) >= 11 is 0. The van der Waals surface area contributed by atoms with Gasteiger partial charge in [-0.3, -0.25) is 0 Å². The average Bonchev–Trinajstić information content (AvgIpc) is 2.27. The van der Waals surface area contributed by atoms with Crippen LogP contribution < -0.4 is 0 Å². The van der Waals surface area contributed by atoms with E-state index >= 15 is 0 Å². The van der Waals surface area contributed by atoms with E-state index in [1.807, 2.05) is 26.0 Å². The van der Waals surface area contributed by atoms with Gasteiger partial charge in [-0.25, -0.2) is 0 Å². The number of rotatable bonds is 1. The lowest BCUT2D eigenvalue weighted by molar-refractivity contribution is -0.202. The summed E-state index contributed by atoms with van der Waals surface area (Å²) in [5.41, 5.74) is 1.22. The third kappa shape index (κ3) is 2.94. The van der Waals surface area contributed by atoms with Gasteiger partial charge in [0.2, 0.25) is 0 Å². The predicted octanol–water partition coefficient (Wildman–Crippen LogP) is 4.24. The van der Waals surface area contributed by atoms with Crippen LogP contribution in [0, 0.1) is 19.8 Å². The van der Waals surface area contributed by atoms with E-state index in [9.17, 15) is 18.3 Å². The van der Waals surface area contributed by atoms with Crippen molar-refractivity contribution < 1.29 is 18.3 Å². The molecular formula is C15H19F3O. The van der Waals surface area contributed by atoms with E-state index in [2.05, 4.69) is 0 Å². The van der Waals surface area contributed by atoms with Gasteiger partial charge in [-0.15, -0.1) is 0 Å². The predicted molar refractivity (Wildman–Crippen MR) is 67.8 cm³/mol. The highest BCUT2D eigenvalue weighted by Gasteiger charge is 2.47. The van der Waals surface area contributed by atoms with Crippen molar-refractivity contribution in [3.63, 3.8) is 0 Å². The molecule has 1 N–H and O–H groups in total. The first kappa shape index (κ1) is 14.4. The Hall–Kier alpha value is -1.03. The van der Waals surface area contributed by atoms with Crippen LogP contribution in [0.25, 0.3) is 0 Å². The van der Waals surface area contributed by atoms with E-state index in [1.54, 1.807) is 6.07 Å². The highest BCUT2D eigenvalue weighted by molar-refractivity contribution is 5.35. The zero-order valence-electron chi connectivity index (χ0n) is 11.2. The van der Waals surface area contributed by atoms with Gasteiger partial charge in [-0.05, 0) is 50.7 Å². The van der Waals surface area contributed by atoms with E-state index in [1.165, 1.54) is 0 Å². The second-order valence-electron chi connectivity index (χ2n) is 5.68. The summed E-state index contributed by atoms with van der Waals surface area (Å²) in [4.78, 5) is 0. The first-order valence-electron chi connectivity index (χ1n) is 6.59. The number of alkyl halides is 3. The molecule has 106 valence electrons. The number of benzene rings is 1. The molecule has 0 aliphatic heterocycles. The molecule has 1 aromatic rings. The van der Waals surface area contributed by atoms with Crippen molar-refractivity contribution in [3.8, 4) is 0 Å². The second kappa shape index (κ2) is 4.82. The summed E-state index contributed by atoms with van der Waals surface area (Å²) < 4.78 is 38.6. The fourth-order valence-electron chi connectivity index (χ4n) is 3.11. The number of hydrogen-bond acceptors (Lipinski definition) is 1. The average molecular weight is 272 g/mol. The SMILES string of the molecule is Cc1ccc(C2(O)CCCC(C(F)(F)F)C2)c(C)c1. The molecule has 19 heavy (non-hydrogen) atoms. The van der Waals surface area contributed by atoms with Gasteiger partial charge >= 0.3 is 6.18 Å². The Bertz CT molecular complexity index is 467. The lowest BCUT2D eigenvalue weighted by Gasteiger charge is -2.38. The summed E-state index contributed by atoms with van der Waals surface area (Å²) in [7, 11) is 0. The highest BCUT2D eigenvalue weighted by atomic mass is 19.4. The van der Waals surface area contributed by atoms with Crippen molar-refractivity contribution >= 4 is 0 Å². The molecule has 0 aromatic heterocycles. The van der Waals surface area contributed by atoms with E-state index < -0.39 is 17.7 Å². The van der Waals surface area contributed by atoms with Crippen molar-refractivity contribution in [3.05, 3.63) is 34.9 Å². The van der Waals surface area contributed by atoms with Gasteiger partial charge in [-0.1, -0.05) is 23.8 Å². The zero-order valence-corrected chi connectivity index (χ0v) is 11.2. The lowest BCUT2D eigenvalue weighted by atomic mass is 9.73. The molecule has 4 heteroatoms. The fraction of sp³-hybridized carbons (Fsp3) is 0.600. The normalized spacial score (nSPS) is 28.4. The van der Waals surface area contributed by atoms with Crippen molar-refractivity contribution in [1.29, 1.82) is 0 Å². The van der Waals surface area contributed by atoms with Gasteiger partial charge in [0.25, 0.3) is 0 Å². The quantitative estimate of drug-likeness (QED) is 0.810. The van der Waals surface area contributed by atoms with E-state index in [0.717, 1.165) is 11.1 Å². The molecule has 2 rings (SSSR count). The van der Waals surface area contributed by atoms with Crippen molar-refractivity contribution in [2.45, 2.75) is 51.3 Å². The number of halogens is 3. The molecule has 1 aliphatic carbocycles. The number of hydrogen-bond donors (Lipinski definition) is 1. The summed E-state index contributed by atoms with van der Waals surface area (Å²) in [6.45, 7) is 3.78. The fourth-order valence-corrected chi connectivity index (χ4v) is 3.11. The van der Waals surface area contributed by atoms with Crippen molar-refractivity contribution in [1.82, 2.24) is 0 Å². The topological polar surface area (TPSA) is 20.2 Å². The molecular weight excluding hydrogens is 253 g/mol.